The Bertz CT molecular complexity index is 567. The second kappa shape index (κ2) is 4.85. The first-order valence-electron chi connectivity index (χ1n) is 7.66. The molecular formula is C16H18Cl2N2O. The number of nitrogens with one attached hydrogen (secondary N) is 1. The van der Waals surface area contributed by atoms with Crippen LogP contribution in [0.4, 0.5) is 0 Å². The molecular weight excluding hydrogens is 307 g/mol. The molecule has 1 aromatic rings. The second-order valence-corrected chi connectivity index (χ2v) is 7.91. The Kier molecular flexibility index (Phi) is 3.20. The van der Waals surface area contributed by atoms with Crippen molar-refractivity contribution in [1.82, 2.24) is 10.3 Å². The van der Waals surface area contributed by atoms with Crippen LogP contribution in [-0.2, 0) is 0 Å². The van der Waals surface area contributed by atoms with E-state index in [1.54, 1.807) is 6.07 Å². The molecule has 4 aliphatic rings. The molecule has 0 saturated heterocycles. The predicted molar refractivity (Wildman–Crippen MR) is 82.6 cm³/mol. The van der Waals surface area contributed by atoms with Gasteiger partial charge in [0.05, 0.1) is 10.6 Å². The van der Waals surface area contributed by atoms with E-state index in [4.69, 9.17) is 23.2 Å². The van der Waals surface area contributed by atoms with E-state index in [0.29, 0.717) is 10.6 Å². The fraction of sp³-hybridized carbons (Fsp3) is 0.625. The van der Waals surface area contributed by atoms with Crippen molar-refractivity contribution in [2.24, 2.45) is 17.8 Å². The molecule has 4 fully saturated rings. The maximum Gasteiger partial charge on any atom is 0.253 e. The van der Waals surface area contributed by atoms with Gasteiger partial charge in [-0.15, -0.1) is 0 Å². The molecule has 0 atom stereocenters. The van der Waals surface area contributed by atoms with E-state index in [1.165, 1.54) is 25.5 Å². The van der Waals surface area contributed by atoms with E-state index in [9.17, 15) is 4.79 Å². The van der Waals surface area contributed by atoms with Gasteiger partial charge in [-0.3, -0.25) is 4.79 Å². The van der Waals surface area contributed by atoms with Crippen molar-refractivity contribution >= 4 is 29.1 Å². The number of amides is 1. The summed E-state index contributed by atoms with van der Waals surface area (Å²) in [5.41, 5.74) is 0.512. The molecule has 5 rings (SSSR count). The van der Waals surface area contributed by atoms with Crippen molar-refractivity contribution in [3.63, 3.8) is 0 Å². The smallest absolute Gasteiger partial charge is 0.253 e. The number of rotatable bonds is 2. The summed E-state index contributed by atoms with van der Waals surface area (Å²) in [5.74, 6) is 2.36. The van der Waals surface area contributed by atoms with Crippen LogP contribution in [0, 0.1) is 17.8 Å². The molecule has 5 heteroatoms. The van der Waals surface area contributed by atoms with E-state index in [1.807, 2.05) is 0 Å². The molecule has 3 nitrogen and oxygen atoms in total. The van der Waals surface area contributed by atoms with Crippen molar-refractivity contribution in [3.05, 3.63) is 28.0 Å². The van der Waals surface area contributed by atoms with Gasteiger partial charge < -0.3 is 5.32 Å². The van der Waals surface area contributed by atoms with E-state index in [2.05, 4.69) is 10.3 Å². The number of halogens is 2. The molecule has 0 radical (unpaired) electrons. The fourth-order valence-corrected chi connectivity index (χ4v) is 5.39. The summed E-state index contributed by atoms with van der Waals surface area (Å²) in [5, 5.41) is 3.87. The van der Waals surface area contributed by atoms with E-state index in [-0.39, 0.29) is 16.6 Å². The number of hydrogen-bond donors (Lipinski definition) is 1. The Morgan fingerprint density at radius 3 is 2.24 bits per heavy atom. The van der Waals surface area contributed by atoms with E-state index in [0.717, 1.165) is 37.0 Å². The highest BCUT2D eigenvalue weighted by molar-refractivity contribution is 6.41. The standard InChI is InChI=1S/C16H18Cl2N2O/c17-13-4-12(8-19-14(13)18)15(21)20-16-5-9-1-10(6-16)3-11(2-9)7-16/h4,8-11H,1-3,5-7H2,(H,20,21). The van der Waals surface area contributed by atoms with Crippen molar-refractivity contribution in [2.45, 2.75) is 44.1 Å². The maximum atomic E-state index is 12.5. The van der Waals surface area contributed by atoms with Gasteiger partial charge in [-0.1, -0.05) is 23.2 Å². The second-order valence-electron chi connectivity index (χ2n) is 7.15. The molecule has 0 spiro atoms. The van der Waals surface area contributed by atoms with Gasteiger partial charge in [0.2, 0.25) is 0 Å². The minimum Gasteiger partial charge on any atom is -0.347 e. The first-order valence-corrected chi connectivity index (χ1v) is 8.42. The van der Waals surface area contributed by atoms with Crippen molar-refractivity contribution in [1.29, 1.82) is 0 Å². The average molecular weight is 325 g/mol. The number of aromatic nitrogens is 1. The maximum absolute atomic E-state index is 12.5. The van der Waals surface area contributed by atoms with Gasteiger partial charge in [0.15, 0.2) is 0 Å². The number of pyridine rings is 1. The lowest BCUT2D eigenvalue weighted by molar-refractivity contribution is -0.0167. The van der Waals surface area contributed by atoms with Crippen LogP contribution in [0.1, 0.15) is 48.9 Å². The highest BCUT2D eigenvalue weighted by Crippen LogP contribution is 2.55. The molecule has 0 aromatic carbocycles. The third-order valence-electron chi connectivity index (χ3n) is 5.48. The van der Waals surface area contributed by atoms with Crippen LogP contribution in [0.25, 0.3) is 0 Å². The van der Waals surface area contributed by atoms with Crippen LogP contribution in [0.2, 0.25) is 10.2 Å². The lowest BCUT2D eigenvalue weighted by Crippen LogP contribution is -2.59. The minimum atomic E-state index is -0.0667. The third-order valence-corrected chi connectivity index (χ3v) is 6.16. The zero-order valence-electron chi connectivity index (χ0n) is 11.7. The van der Waals surface area contributed by atoms with Crippen molar-refractivity contribution < 1.29 is 4.79 Å². The Labute approximate surface area is 134 Å². The Morgan fingerprint density at radius 1 is 1.14 bits per heavy atom. The molecule has 1 aromatic heterocycles. The van der Waals surface area contributed by atoms with Crippen LogP contribution in [0.15, 0.2) is 12.3 Å². The van der Waals surface area contributed by atoms with Crippen LogP contribution in [-0.4, -0.2) is 16.4 Å². The molecule has 1 heterocycles. The number of carbonyl (C=O) groups excluding carboxylic acids is 1. The summed E-state index contributed by atoms with van der Waals surface area (Å²) in [7, 11) is 0. The molecule has 0 unspecified atom stereocenters. The first-order chi connectivity index (χ1) is 10.0. The Balaban J connectivity index is 1.55. The normalized spacial score (nSPS) is 36.8. The quantitative estimate of drug-likeness (QED) is 0.832. The summed E-state index contributed by atoms with van der Waals surface area (Å²) >= 11 is 11.8. The molecule has 4 aliphatic carbocycles. The van der Waals surface area contributed by atoms with Gasteiger partial charge in [0.1, 0.15) is 5.15 Å². The monoisotopic (exact) mass is 324 g/mol. The number of hydrogen-bond acceptors (Lipinski definition) is 2. The Morgan fingerprint density at radius 2 is 1.71 bits per heavy atom. The van der Waals surface area contributed by atoms with Crippen molar-refractivity contribution in [3.8, 4) is 0 Å². The topological polar surface area (TPSA) is 42.0 Å². The van der Waals surface area contributed by atoms with Crippen LogP contribution in [0.5, 0.6) is 0 Å². The third kappa shape index (κ3) is 2.44. The van der Waals surface area contributed by atoms with Crippen LogP contribution < -0.4 is 5.32 Å². The summed E-state index contributed by atoms with van der Waals surface area (Å²) in [4.78, 5) is 16.5. The zero-order valence-corrected chi connectivity index (χ0v) is 13.3. The zero-order chi connectivity index (χ0) is 14.6. The first kappa shape index (κ1) is 13.8. The van der Waals surface area contributed by atoms with Gasteiger partial charge >= 0.3 is 0 Å². The van der Waals surface area contributed by atoms with Gasteiger partial charge in [-0.25, -0.2) is 4.98 Å². The molecule has 4 bridgehead atoms. The highest BCUT2D eigenvalue weighted by Gasteiger charge is 2.51. The van der Waals surface area contributed by atoms with Gasteiger partial charge in [-0.2, -0.15) is 0 Å². The molecule has 4 saturated carbocycles. The molecule has 1 amide bonds. The minimum absolute atomic E-state index is 0.0119. The molecule has 1 N–H and O–H groups in total. The number of carbonyl (C=O) groups is 1. The lowest BCUT2D eigenvalue weighted by atomic mass is 9.53. The largest absolute Gasteiger partial charge is 0.347 e. The van der Waals surface area contributed by atoms with Crippen molar-refractivity contribution in [2.75, 3.05) is 0 Å². The molecule has 112 valence electrons. The SMILES string of the molecule is O=C(NC12CC3CC(CC(C3)C1)C2)c1cnc(Cl)c(Cl)c1. The van der Waals surface area contributed by atoms with Gasteiger partial charge in [0, 0.05) is 11.7 Å². The fourth-order valence-electron chi connectivity index (χ4n) is 5.12. The summed E-state index contributed by atoms with van der Waals surface area (Å²) < 4.78 is 0. The summed E-state index contributed by atoms with van der Waals surface area (Å²) in [6.07, 6.45) is 9.01. The van der Waals surface area contributed by atoms with E-state index < -0.39 is 0 Å². The van der Waals surface area contributed by atoms with Gasteiger partial charge in [0.25, 0.3) is 5.91 Å². The lowest BCUT2D eigenvalue weighted by Gasteiger charge is -2.56. The highest BCUT2D eigenvalue weighted by atomic mass is 35.5. The number of nitrogens with zero attached hydrogens (tertiary/aromatic N) is 1. The molecule has 0 aliphatic heterocycles. The summed E-state index contributed by atoms with van der Waals surface area (Å²) in [6, 6.07) is 1.60. The van der Waals surface area contributed by atoms with Crippen LogP contribution >= 0.6 is 23.2 Å². The average Bonchev–Trinajstić information content (AvgIpc) is 2.39. The van der Waals surface area contributed by atoms with E-state index >= 15 is 0 Å². The predicted octanol–water partition coefficient (Wildman–Crippen LogP) is 4.09. The molecule has 21 heavy (non-hydrogen) atoms. The Hall–Kier alpha value is -0.800. The van der Waals surface area contributed by atoms with Crippen LogP contribution in [0.3, 0.4) is 0 Å². The summed E-state index contributed by atoms with van der Waals surface area (Å²) in [6.45, 7) is 0. The van der Waals surface area contributed by atoms with Gasteiger partial charge in [-0.05, 0) is 62.3 Å².